The highest BCUT2D eigenvalue weighted by atomic mass is 32.2. The molecule has 2 rings (SSSR count). The Morgan fingerprint density at radius 2 is 2.35 bits per heavy atom. The Bertz CT molecular complexity index is 518. The lowest BCUT2D eigenvalue weighted by Gasteiger charge is -2.14. The number of sulfonamides is 1. The fraction of sp³-hybridized carbons (Fsp3) is 0.500. The van der Waals surface area contributed by atoms with Crippen LogP contribution in [0.1, 0.15) is 12.2 Å². The number of nitrogens with one attached hydrogen (secondary N) is 3. The maximum Gasteiger partial charge on any atom is 0.257 e. The third-order valence-electron chi connectivity index (χ3n) is 2.62. The first-order valence-electron chi connectivity index (χ1n) is 5.48. The van der Waals surface area contributed by atoms with Crippen molar-refractivity contribution in [3.05, 3.63) is 23.7 Å². The van der Waals surface area contributed by atoms with Crippen LogP contribution < -0.4 is 10.0 Å². The summed E-state index contributed by atoms with van der Waals surface area (Å²) in [5.74, 6) is 0.589. The van der Waals surface area contributed by atoms with E-state index in [-0.39, 0.29) is 5.03 Å². The fourth-order valence-electron chi connectivity index (χ4n) is 1.63. The van der Waals surface area contributed by atoms with Gasteiger partial charge in [0.25, 0.3) is 10.0 Å². The average molecular weight is 256 g/mol. The molecular formula is C10H16N4O2S. The molecule has 0 radical (unpaired) electrons. The van der Waals surface area contributed by atoms with E-state index >= 15 is 0 Å². The van der Waals surface area contributed by atoms with Gasteiger partial charge in [0, 0.05) is 13.1 Å². The summed E-state index contributed by atoms with van der Waals surface area (Å²) < 4.78 is 26.3. The summed E-state index contributed by atoms with van der Waals surface area (Å²) in [6.45, 7) is 3.79. The van der Waals surface area contributed by atoms with Crippen molar-refractivity contribution < 1.29 is 8.42 Å². The van der Waals surface area contributed by atoms with Crippen LogP contribution in [0.2, 0.25) is 0 Å². The van der Waals surface area contributed by atoms with Crippen LogP contribution in [0.15, 0.2) is 22.9 Å². The second kappa shape index (κ2) is 4.99. The van der Waals surface area contributed by atoms with Gasteiger partial charge >= 0.3 is 0 Å². The number of hydrogen-bond donors (Lipinski definition) is 3. The summed E-state index contributed by atoms with van der Waals surface area (Å²) >= 11 is 0. The minimum Gasteiger partial charge on any atom is -0.332 e. The summed E-state index contributed by atoms with van der Waals surface area (Å²) in [5, 5.41) is 3.29. The normalized spacial score (nSPS) is 16.9. The van der Waals surface area contributed by atoms with Crippen LogP contribution in [0.3, 0.4) is 0 Å². The van der Waals surface area contributed by atoms with Crippen LogP contribution in [0, 0.1) is 6.92 Å². The van der Waals surface area contributed by atoms with E-state index in [0.717, 1.165) is 25.1 Å². The molecule has 0 saturated carbocycles. The van der Waals surface area contributed by atoms with Crippen LogP contribution in [-0.2, 0) is 10.0 Å². The molecule has 1 aliphatic rings. The van der Waals surface area contributed by atoms with Crippen molar-refractivity contribution in [3.63, 3.8) is 0 Å². The van der Waals surface area contributed by atoms with Gasteiger partial charge in [-0.25, -0.2) is 18.1 Å². The largest absolute Gasteiger partial charge is 0.332 e. The highest BCUT2D eigenvalue weighted by Gasteiger charge is 2.16. The molecule has 1 aromatic rings. The highest BCUT2D eigenvalue weighted by molar-refractivity contribution is 7.89. The van der Waals surface area contributed by atoms with E-state index in [9.17, 15) is 8.42 Å². The number of aromatic nitrogens is 2. The molecule has 0 amide bonds. The number of nitrogens with zero attached hydrogens (tertiary/aromatic N) is 1. The Morgan fingerprint density at radius 1 is 1.53 bits per heavy atom. The number of imidazole rings is 1. The van der Waals surface area contributed by atoms with E-state index in [2.05, 4.69) is 20.0 Å². The van der Waals surface area contributed by atoms with Crippen LogP contribution in [0.4, 0.5) is 0 Å². The molecule has 2 heterocycles. The first-order chi connectivity index (χ1) is 8.08. The zero-order valence-corrected chi connectivity index (χ0v) is 10.5. The molecule has 3 N–H and O–H groups in total. The highest BCUT2D eigenvalue weighted by Crippen LogP contribution is 2.07. The zero-order valence-electron chi connectivity index (χ0n) is 9.66. The number of aromatic amines is 1. The summed E-state index contributed by atoms with van der Waals surface area (Å²) in [6.07, 6.45) is 4.23. The molecule has 0 unspecified atom stereocenters. The predicted octanol–water partition coefficient (Wildman–Crippen LogP) is -0.0839. The van der Waals surface area contributed by atoms with Crippen molar-refractivity contribution >= 4 is 10.0 Å². The molecule has 0 aliphatic carbocycles. The quantitative estimate of drug-likeness (QED) is 0.657. The second-order valence-corrected chi connectivity index (χ2v) is 5.71. The molecule has 0 atom stereocenters. The second-order valence-electron chi connectivity index (χ2n) is 3.97. The van der Waals surface area contributed by atoms with Gasteiger partial charge in [0.15, 0.2) is 5.03 Å². The van der Waals surface area contributed by atoms with Gasteiger partial charge in [-0.3, -0.25) is 0 Å². The van der Waals surface area contributed by atoms with E-state index in [4.69, 9.17) is 0 Å². The maximum atomic E-state index is 11.9. The predicted molar refractivity (Wildman–Crippen MR) is 64.1 cm³/mol. The molecule has 17 heavy (non-hydrogen) atoms. The van der Waals surface area contributed by atoms with Crippen LogP contribution in [-0.4, -0.2) is 38.0 Å². The molecule has 0 saturated heterocycles. The van der Waals surface area contributed by atoms with Crippen molar-refractivity contribution in [2.45, 2.75) is 18.4 Å². The molecule has 1 aromatic heterocycles. The van der Waals surface area contributed by atoms with Crippen LogP contribution in [0.5, 0.6) is 0 Å². The van der Waals surface area contributed by atoms with E-state index in [1.807, 2.05) is 6.08 Å². The fourth-order valence-corrected chi connectivity index (χ4v) is 2.63. The Hall–Kier alpha value is -1.18. The summed E-state index contributed by atoms with van der Waals surface area (Å²) in [5.41, 5.74) is 1.11. The van der Waals surface area contributed by atoms with Crippen molar-refractivity contribution in [3.8, 4) is 0 Å². The Labute approximate surface area is 101 Å². The monoisotopic (exact) mass is 256 g/mol. The Kier molecular flexibility index (Phi) is 3.60. The van der Waals surface area contributed by atoms with Crippen molar-refractivity contribution in [2.24, 2.45) is 0 Å². The molecule has 94 valence electrons. The van der Waals surface area contributed by atoms with Gasteiger partial charge in [0.2, 0.25) is 0 Å². The average Bonchev–Trinajstić information content (AvgIpc) is 2.76. The van der Waals surface area contributed by atoms with Gasteiger partial charge in [-0.05, 0) is 19.9 Å². The lowest BCUT2D eigenvalue weighted by atomic mass is 10.1. The first-order valence-corrected chi connectivity index (χ1v) is 6.96. The summed E-state index contributed by atoms with van der Waals surface area (Å²) in [6, 6.07) is 0. The molecule has 0 bridgehead atoms. The SMILES string of the molecule is Cc1ncc(S(=O)(=O)NCC2=CCNCC2)[nH]1. The van der Waals surface area contributed by atoms with Gasteiger partial charge in [0.05, 0.1) is 6.20 Å². The lowest BCUT2D eigenvalue weighted by Crippen LogP contribution is -2.29. The molecule has 0 aromatic carbocycles. The van der Waals surface area contributed by atoms with Crippen LogP contribution in [0.25, 0.3) is 0 Å². The summed E-state index contributed by atoms with van der Waals surface area (Å²) in [7, 11) is -3.47. The third kappa shape index (κ3) is 3.15. The standard InChI is InChI=1S/C10H16N4O2S/c1-8-12-7-10(14-8)17(15,16)13-6-9-2-4-11-5-3-9/h2,7,11,13H,3-6H2,1H3,(H,12,14). The number of hydrogen-bond acceptors (Lipinski definition) is 4. The minimum absolute atomic E-state index is 0.115. The van der Waals surface area contributed by atoms with Crippen molar-refractivity contribution in [1.82, 2.24) is 20.0 Å². The molecule has 0 fully saturated rings. The van der Waals surface area contributed by atoms with E-state index in [1.54, 1.807) is 6.92 Å². The van der Waals surface area contributed by atoms with Gasteiger partial charge < -0.3 is 10.3 Å². The molecular weight excluding hydrogens is 240 g/mol. The third-order valence-corrected chi connectivity index (χ3v) is 3.93. The smallest absolute Gasteiger partial charge is 0.257 e. The zero-order chi connectivity index (χ0) is 12.3. The van der Waals surface area contributed by atoms with E-state index in [1.165, 1.54) is 6.20 Å². The Balaban J connectivity index is 2.00. The molecule has 1 aliphatic heterocycles. The molecule has 0 spiro atoms. The van der Waals surface area contributed by atoms with Gasteiger partial charge in [0.1, 0.15) is 5.82 Å². The topological polar surface area (TPSA) is 86.9 Å². The number of rotatable bonds is 4. The summed E-state index contributed by atoms with van der Waals surface area (Å²) in [4.78, 5) is 6.59. The van der Waals surface area contributed by atoms with E-state index in [0.29, 0.717) is 12.4 Å². The molecule has 6 nitrogen and oxygen atoms in total. The minimum atomic E-state index is -3.47. The lowest BCUT2D eigenvalue weighted by molar-refractivity contribution is 0.579. The maximum absolute atomic E-state index is 11.9. The van der Waals surface area contributed by atoms with Crippen molar-refractivity contribution in [2.75, 3.05) is 19.6 Å². The van der Waals surface area contributed by atoms with Gasteiger partial charge in [-0.1, -0.05) is 11.6 Å². The van der Waals surface area contributed by atoms with Gasteiger partial charge in [-0.15, -0.1) is 0 Å². The first kappa shape index (κ1) is 12.3. The molecule has 7 heteroatoms. The number of H-pyrrole nitrogens is 1. The van der Waals surface area contributed by atoms with Gasteiger partial charge in [-0.2, -0.15) is 0 Å². The Morgan fingerprint density at radius 3 is 2.94 bits per heavy atom. The van der Waals surface area contributed by atoms with Crippen LogP contribution >= 0.6 is 0 Å². The number of aryl methyl sites for hydroxylation is 1. The van der Waals surface area contributed by atoms with Crippen molar-refractivity contribution in [1.29, 1.82) is 0 Å². The van der Waals surface area contributed by atoms with E-state index < -0.39 is 10.0 Å².